The number of rotatable bonds is 6. The van der Waals surface area contributed by atoms with E-state index in [1.54, 1.807) is 24.3 Å². The van der Waals surface area contributed by atoms with Crippen molar-refractivity contribution in [1.29, 1.82) is 0 Å². The van der Waals surface area contributed by atoms with Crippen molar-refractivity contribution in [3.05, 3.63) is 65.7 Å². The Hall–Kier alpha value is -2.18. The summed E-state index contributed by atoms with van der Waals surface area (Å²) in [6, 6.07) is 17.2. The average molecular weight is 387 g/mol. The van der Waals surface area contributed by atoms with Gasteiger partial charge in [0.15, 0.2) is 0 Å². The Morgan fingerprint density at radius 3 is 2.26 bits per heavy atom. The van der Waals surface area contributed by atoms with E-state index in [2.05, 4.69) is 29.0 Å². The lowest BCUT2D eigenvalue weighted by Crippen LogP contribution is -2.38. The summed E-state index contributed by atoms with van der Waals surface area (Å²) in [5.74, 6) is 0.713. The zero-order chi connectivity index (χ0) is 19.3. The van der Waals surface area contributed by atoms with Crippen LogP contribution >= 0.6 is 0 Å². The first-order valence-electron chi connectivity index (χ1n) is 9.35. The van der Waals surface area contributed by atoms with Crippen molar-refractivity contribution in [2.75, 3.05) is 20.1 Å². The van der Waals surface area contributed by atoms with Crippen molar-refractivity contribution in [2.24, 2.45) is 0 Å². The van der Waals surface area contributed by atoms with Gasteiger partial charge in [-0.2, -0.15) is 0 Å². The van der Waals surface area contributed by atoms with Gasteiger partial charge in [0.25, 0.3) is 0 Å². The number of piperidine rings is 1. The Labute approximate surface area is 161 Å². The third-order valence-electron chi connectivity index (χ3n) is 5.25. The maximum atomic E-state index is 12.5. The molecular formula is C21H26N2O3S. The van der Waals surface area contributed by atoms with Crippen LogP contribution in [0.1, 0.15) is 36.3 Å². The van der Waals surface area contributed by atoms with Crippen LogP contribution in [-0.4, -0.2) is 39.4 Å². The molecule has 2 aromatic rings. The van der Waals surface area contributed by atoms with Crippen LogP contribution < -0.4 is 4.72 Å². The second-order valence-electron chi connectivity index (χ2n) is 6.92. The molecule has 0 spiro atoms. The molecule has 27 heavy (non-hydrogen) atoms. The van der Waals surface area contributed by atoms with Gasteiger partial charge in [-0.05, 0) is 55.5 Å². The minimum Gasteiger partial charge on any atom is -0.343 e. The molecular weight excluding hydrogens is 360 g/mol. The molecule has 1 fully saturated rings. The topological polar surface area (TPSA) is 66.5 Å². The molecule has 0 saturated carbocycles. The number of likely N-dealkylation sites (tertiary alicyclic amines) is 1. The van der Waals surface area contributed by atoms with Crippen molar-refractivity contribution in [3.8, 4) is 0 Å². The van der Waals surface area contributed by atoms with Crippen LogP contribution in [-0.2, 0) is 21.2 Å². The summed E-state index contributed by atoms with van der Waals surface area (Å²) in [5.41, 5.74) is 2.33. The number of amides is 1. The first kappa shape index (κ1) is 19.6. The SMILES string of the molecule is CNS(=O)(=O)c1ccc(CCC(=O)N2CCC(c3ccccc3)CC2)cc1. The second kappa shape index (κ2) is 8.67. The van der Waals surface area contributed by atoms with Gasteiger partial charge < -0.3 is 4.90 Å². The molecule has 1 amide bonds. The molecule has 0 bridgehead atoms. The largest absolute Gasteiger partial charge is 0.343 e. The molecule has 1 N–H and O–H groups in total. The maximum absolute atomic E-state index is 12.5. The van der Waals surface area contributed by atoms with Gasteiger partial charge >= 0.3 is 0 Å². The highest BCUT2D eigenvalue weighted by atomic mass is 32.2. The van der Waals surface area contributed by atoms with E-state index in [1.165, 1.54) is 12.6 Å². The van der Waals surface area contributed by atoms with E-state index in [1.807, 2.05) is 11.0 Å². The molecule has 1 aliphatic heterocycles. The Morgan fingerprint density at radius 1 is 1.04 bits per heavy atom. The number of nitrogens with zero attached hydrogens (tertiary/aromatic N) is 1. The summed E-state index contributed by atoms with van der Waals surface area (Å²) >= 11 is 0. The van der Waals surface area contributed by atoms with Crippen molar-refractivity contribution in [3.63, 3.8) is 0 Å². The number of hydrogen-bond acceptors (Lipinski definition) is 3. The van der Waals surface area contributed by atoms with Gasteiger partial charge in [-0.3, -0.25) is 4.79 Å². The third kappa shape index (κ3) is 4.96. The van der Waals surface area contributed by atoms with Crippen LogP contribution in [0.5, 0.6) is 0 Å². The molecule has 0 aromatic heterocycles. The molecule has 3 rings (SSSR count). The molecule has 2 aromatic carbocycles. The predicted octanol–water partition coefficient (Wildman–Crippen LogP) is 2.93. The number of sulfonamides is 1. The highest BCUT2D eigenvalue weighted by molar-refractivity contribution is 7.89. The van der Waals surface area contributed by atoms with Gasteiger partial charge in [0.05, 0.1) is 4.90 Å². The van der Waals surface area contributed by atoms with Gasteiger partial charge in [0.2, 0.25) is 15.9 Å². The Morgan fingerprint density at radius 2 is 1.67 bits per heavy atom. The predicted molar refractivity (Wildman–Crippen MR) is 106 cm³/mol. The molecule has 144 valence electrons. The standard InChI is InChI=1S/C21H26N2O3S/c1-22-27(25,26)20-10-7-17(8-11-20)9-12-21(24)23-15-13-19(14-16-23)18-5-3-2-4-6-18/h2-8,10-11,19,22H,9,12-16H2,1H3. The van der Waals surface area contributed by atoms with E-state index in [0.29, 0.717) is 18.8 Å². The van der Waals surface area contributed by atoms with Crippen molar-refractivity contribution >= 4 is 15.9 Å². The fourth-order valence-corrected chi connectivity index (χ4v) is 4.28. The fourth-order valence-electron chi connectivity index (χ4n) is 3.55. The lowest BCUT2D eigenvalue weighted by molar-refractivity contribution is -0.132. The van der Waals surface area contributed by atoms with Crippen LogP contribution in [0.2, 0.25) is 0 Å². The molecule has 0 radical (unpaired) electrons. The molecule has 6 heteroatoms. The molecule has 5 nitrogen and oxygen atoms in total. The average Bonchev–Trinajstić information content (AvgIpc) is 2.73. The fraction of sp³-hybridized carbons (Fsp3) is 0.381. The number of carbonyl (C=O) groups is 1. The van der Waals surface area contributed by atoms with Crippen LogP contribution in [0.4, 0.5) is 0 Å². The van der Waals surface area contributed by atoms with E-state index < -0.39 is 10.0 Å². The maximum Gasteiger partial charge on any atom is 0.240 e. The van der Waals surface area contributed by atoms with Gasteiger partial charge in [-0.25, -0.2) is 13.1 Å². The number of carbonyl (C=O) groups excluding carboxylic acids is 1. The number of hydrogen-bond donors (Lipinski definition) is 1. The van der Waals surface area contributed by atoms with E-state index in [0.717, 1.165) is 31.5 Å². The first-order chi connectivity index (χ1) is 13.0. The minimum absolute atomic E-state index is 0.174. The molecule has 1 saturated heterocycles. The highest BCUT2D eigenvalue weighted by Crippen LogP contribution is 2.28. The molecule has 1 aliphatic rings. The van der Waals surface area contributed by atoms with Gasteiger partial charge in [0.1, 0.15) is 0 Å². The Balaban J connectivity index is 1.49. The van der Waals surface area contributed by atoms with Crippen LogP contribution in [0, 0.1) is 0 Å². The number of nitrogens with one attached hydrogen (secondary N) is 1. The first-order valence-corrected chi connectivity index (χ1v) is 10.8. The lowest BCUT2D eigenvalue weighted by Gasteiger charge is -2.32. The molecule has 0 unspecified atom stereocenters. The van der Waals surface area contributed by atoms with Crippen molar-refractivity contribution in [1.82, 2.24) is 9.62 Å². The van der Waals surface area contributed by atoms with E-state index >= 15 is 0 Å². The summed E-state index contributed by atoms with van der Waals surface area (Å²) in [4.78, 5) is 14.7. The van der Waals surface area contributed by atoms with Gasteiger partial charge in [0, 0.05) is 19.5 Å². The summed E-state index contributed by atoms with van der Waals surface area (Å²) in [7, 11) is -2.02. The summed E-state index contributed by atoms with van der Waals surface area (Å²) < 4.78 is 25.8. The van der Waals surface area contributed by atoms with E-state index in [-0.39, 0.29) is 10.8 Å². The zero-order valence-electron chi connectivity index (χ0n) is 15.6. The Kier molecular flexibility index (Phi) is 6.29. The minimum atomic E-state index is -3.42. The zero-order valence-corrected chi connectivity index (χ0v) is 16.4. The van der Waals surface area contributed by atoms with Crippen LogP contribution in [0.15, 0.2) is 59.5 Å². The van der Waals surface area contributed by atoms with E-state index in [9.17, 15) is 13.2 Å². The van der Waals surface area contributed by atoms with Gasteiger partial charge in [-0.1, -0.05) is 42.5 Å². The lowest BCUT2D eigenvalue weighted by atomic mass is 9.89. The summed E-state index contributed by atoms with van der Waals surface area (Å²) in [5, 5.41) is 0. The Bertz CT molecular complexity index is 856. The van der Waals surface area contributed by atoms with Gasteiger partial charge in [-0.15, -0.1) is 0 Å². The quantitative estimate of drug-likeness (QED) is 0.830. The monoisotopic (exact) mass is 386 g/mol. The van der Waals surface area contributed by atoms with Crippen molar-refractivity contribution < 1.29 is 13.2 Å². The summed E-state index contributed by atoms with van der Waals surface area (Å²) in [6.45, 7) is 1.61. The second-order valence-corrected chi connectivity index (χ2v) is 8.80. The van der Waals surface area contributed by atoms with Crippen LogP contribution in [0.3, 0.4) is 0 Å². The number of aryl methyl sites for hydroxylation is 1. The highest BCUT2D eigenvalue weighted by Gasteiger charge is 2.23. The number of benzene rings is 2. The normalized spacial score (nSPS) is 15.7. The third-order valence-corrected chi connectivity index (χ3v) is 6.68. The van der Waals surface area contributed by atoms with Crippen LogP contribution in [0.25, 0.3) is 0 Å². The summed E-state index contributed by atoms with van der Waals surface area (Å²) in [6.07, 6.45) is 3.09. The smallest absolute Gasteiger partial charge is 0.240 e. The van der Waals surface area contributed by atoms with E-state index in [4.69, 9.17) is 0 Å². The molecule has 0 aliphatic carbocycles. The molecule has 1 heterocycles. The molecule has 0 atom stereocenters. The van der Waals surface area contributed by atoms with Crippen molar-refractivity contribution in [2.45, 2.75) is 36.5 Å².